The SMILES string of the molecule is COc1ccc(N(CC2CCCCC2)c2nc(N)nc(NCC3CCCO3)n2)cc1F. The predicted octanol–water partition coefficient (Wildman–Crippen LogP) is 3.91. The molecular formula is C22H31FN6O2. The molecule has 2 heterocycles. The fourth-order valence-corrected chi connectivity index (χ4v) is 4.34. The van der Waals surface area contributed by atoms with Crippen molar-refractivity contribution >= 4 is 23.5 Å². The Morgan fingerprint density at radius 3 is 2.71 bits per heavy atom. The average molecular weight is 431 g/mol. The lowest BCUT2D eigenvalue weighted by Gasteiger charge is -2.30. The van der Waals surface area contributed by atoms with Crippen molar-refractivity contribution in [3.8, 4) is 5.75 Å². The Bertz CT molecular complexity index is 871. The largest absolute Gasteiger partial charge is 0.494 e. The summed E-state index contributed by atoms with van der Waals surface area (Å²) in [5, 5.41) is 3.22. The summed E-state index contributed by atoms with van der Waals surface area (Å²) in [6, 6.07) is 4.91. The first kappa shape index (κ1) is 21.5. The molecule has 1 aromatic heterocycles. The number of halogens is 1. The van der Waals surface area contributed by atoms with Gasteiger partial charge in [-0.2, -0.15) is 15.0 Å². The van der Waals surface area contributed by atoms with Crippen LogP contribution in [0.1, 0.15) is 44.9 Å². The standard InChI is InChI=1S/C22H31FN6O2/c1-30-19-10-9-16(12-18(19)23)29(14-15-6-3-2-4-7-15)22-27-20(24)26-21(28-22)25-13-17-8-5-11-31-17/h9-10,12,15,17H,2-8,11,13-14H2,1H3,(H3,24,25,26,27,28). The summed E-state index contributed by atoms with van der Waals surface area (Å²) >= 11 is 0. The fraction of sp³-hybridized carbons (Fsp3) is 0.591. The van der Waals surface area contributed by atoms with E-state index in [2.05, 4.69) is 20.3 Å². The van der Waals surface area contributed by atoms with Gasteiger partial charge in [-0.15, -0.1) is 0 Å². The number of rotatable bonds is 8. The normalized spacial score (nSPS) is 19.4. The lowest BCUT2D eigenvalue weighted by molar-refractivity contribution is 0.120. The Labute approximate surface area is 182 Å². The number of anilines is 4. The molecule has 2 aromatic rings. The summed E-state index contributed by atoms with van der Waals surface area (Å²) < 4.78 is 25.2. The molecule has 1 aromatic carbocycles. The molecular weight excluding hydrogens is 399 g/mol. The van der Waals surface area contributed by atoms with Crippen molar-refractivity contribution in [2.24, 2.45) is 5.92 Å². The highest BCUT2D eigenvalue weighted by atomic mass is 19.1. The molecule has 168 valence electrons. The molecule has 1 saturated carbocycles. The van der Waals surface area contributed by atoms with Crippen LogP contribution in [0.5, 0.6) is 5.75 Å². The van der Waals surface area contributed by atoms with Crippen LogP contribution in [-0.2, 0) is 4.74 Å². The molecule has 1 aliphatic carbocycles. The van der Waals surface area contributed by atoms with Gasteiger partial charge in [-0.1, -0.05) is 19.3 Å². The summed E-state index contributed by atoms with van der Waals surface area (Å²) in [6.45, 7) is 2.10. The maximum atomic E-state index is 14.5. The second-order valence-corrected chi connectivity index (χ2v) is 8.27. The van der Waals surface area contributed by atoms with Crippen molar-refractivity contribution in [3.05, 3.63) is 24.0 Å². The van der Waals surface area contributed by atoms with Crippen LogP contribution in [0.3, 0.4) is 0 Å². The molecule has 1 saturated heterocycles. The summed E-state index contributed by atoms with van der Waals surface area (Å²) in [5.41, 5.74) is 6.68. The third-order valence-corrected chi connectivity index (χ3v) is 6.01. The maximum absolute atomic E-state index is 14.5. The molecule has 2 aliphatic rings. The molecule has 1 unspecified atom stereocenters. The average Bonchev–Trinajstić information content (AvgIpc) is 3.30. The zero-order valence-corrected chi connectivity index (χ0v) is 18.0. The van der Waals surface area contributed by atoms with Gasteiger partial charge >= 0.3 is 0 Å². The van der Waals surface area contributed by atoms with E-state index in [1.807, 2.05) is 11.0 Å². The summed E-state index contributed by atoms with van der Waals surface area (Å²) in [5.74, 6) is 1.21. The Kier molecular flexibility index (Phi) is 7.01. The van der Waals surface area contributed by atoms with Gasteiger partial charge in [-0.3, -0.25) is 0 Å². The highest BCUT2D eigenvalue weighted by molar-refractivity contribution is 5.60. The van der Waals surface area contributed by atoms with E-state index >= 15 is 0 Å². The summed E-state index contributed by atoms with van der Waals surface area (Å²) in [6.07, 6.45) is 8.19. The zero-order chi connectivity index (χ0) is 21.6. The first-order valence-corrected chi connectivity index (χ1v) is 11.1. The topological polar surface area (TPSA) is 98.4 Å². The van der Waals surface area contributed by atoms with Crippen LogP contribution in [0.25, 0.3) is 0 Å². The van der Waals surface area contributed by atoms with E-state index in [9.17, 15) is 4.39 Å². The Hall–Kier alpha value is -2.68. The van der Waals surface area contributed by atoms with Crippen LogP contribution in [0, 0.1) is 11.7 Å². The quantitative estimate of drug-likeness (QED) is 0.650. The number of benzene rings is 1. The molecule has 31 heavy (non-hydrogen) atoms. The van der Waals surface area contributed by atoms with E-state index in [0.717, 1.165) is 32.3 Å². The molecule has 1 aliphatic heterocycles. The molecule has 4 rings (SSSR count). The van der Waals surface area contributed by atoms with E-state index in [4.69, 9.17) is 15.2 Å². The van der Waals surface area contributed by atoms with Crippen LogP contribution < -0.4 is 20.7 Å². The minimum atomic E-state index is -0.424. The van der Waals surface area contributed by atoms with Crippen LogP contribution in [0.2, 0.25) is 0 Å². The fourth-order valence-electron chi connectivity index (χ4n) is 4.34. The summed E-state index contributed by atoms with van der Waals surface area (Å²) in [4.78, 5) is 15.2. The highest BCUT2D eigenvalue weighted by Gasteiger charge is 2.23. The summed E-state index contributed by atoms with van der Waals surface area (Å²) in [7, 11) is 1.45. The molecule has 0 spiro atoms. The molecule has 9 heteroatoms. The maximum Gasteiger partial charge on any atom is 0.236 e. The number of ether oxygens (including phenoxy) is 2. The highest BCUT2D eigenvalue weighted by Crippen LogP contribution is 2.32. The van der Waals surface area contributed by atoms with Gasteiger partial charge in [0.15, 0.2) is 11.6 Å². The number of aromatic nitrogens is 3. The number of nitrogens with one attached hydrogen (secondary N) is 1. The van der Waals surface area contributed by atoms with Gasteiger partial charge in [-0.25, -0.2) is 4.39 Å². The van der Waals surface area contributed by atoms with E-state index in [1.165, 1.54) is 32.4 Å². The second-order valence-electron chi connectivity index (χ2n) is 8.27. The third kappa shape index (κ3) is 5.52. The minimum Gasteiger partial charge on any atom is -0.494 e. The number of nitrogens with two attached hydrogens (primary N) is 1. The van der Waals surface area contributed by atoms with Crippen molar-refractivity contribution in [1.82, 2.24) is 15.0 Å². The van der Waals surface area contributed by atoms with Gasteiger partial charge in [0, 0.05) is 31.5 Å². The van der Waals surface area contributed by atoms with Crippen molar-refractivity contribution < 1.29 is 13.9 Å². The van der Waals surface area contributed by atoms with Gasteiger partial charge in [0.25, 0.3) is 0 Å². The van der Waals surface area contributed by atoms with E-state index in [0.29, 0.717) is 36.6 Å². The zero-order valence-electron chi connectivity index (χ0n) is 18.0. The van der Waals surface area contributed by atoms with Gasteiger partial charge in [0.1, 0.15) is 0 Å². The molecule has 1 atom stereocenters. The molecule has 0 radical (unpaired) electrons. The molecule has 3 N–H and O–H groups in total. The van der Waals surface area contributed by atoms with Gasteiger partial charge < -0.3 is 25.4 Å². The number of hydrogen-bond donors (Lipinski definition) is 2. The first-order valence-electron chi connectivity index (χ1n) is 11.1. The molecule has 0 bridgehead atoms. The smallest absolute Gasteiger partial charge is 0.236 e. The van der Waals surface area contributed by atoms with Crippen molar-refractivity contribution in [2.45, 2.75) is 51.0 Å². The number of nitrogens with zero attached hydrogens (tertiary/aromatic N) is 4. The van der Waals surface area contributed by atoms with Crippen molar-refractivity contribution in [3.63, 3.8) is 0 Å². The molecule has 2 fully saturated rings. The first-order chi connectivity index (χ1) is 15.1. The van der Waals surface area contributed by atoms with Gasteiger partial charge in [-0.05, 0) is 43.7 Å². The van der Waals surface area contributed by atoms with Crippen LogP contribution in [-0.4, -0.2) is 47.9 Å². The monoisotopic (exact) mass is 430 g/mol. The lowest BCUT2D eigenvalue weighted by Crippen LogP contribution is -2.29. The van der Waals surface area contributed by atoms with Crippen LogP contribution in [0.4, 0.5) is 27.9 Å². The lowest BCUT2D eigenvalue weighted by atomic mass is 9.89. The van der Waals surface area contributed by atoms with E-state index in [1.54, 1.807) is 6.07 Å². The second kappa shape index (κ2) is 10.1. The minimum absolute atomic E-state index is 0.127. The van der Waals surface area contributed by atoms with Gasteiger partial charge in [0.2, 0.25) is 17.8 Å². The predicted molar refractivity (Wildman–Crippen MR) is 118 cm³/mol. The van der Waals surface area contributed by atoms with Crippen molar-refractivity contribution in [1.29, 1.82) is 0 Å². The Balaban J connectivity index is 1.60. The number of nitrogen functional groups attached to an aromatic ring is 1. The van der Waals surface area contributed by atoms with E-state index in [-0.39, 0.29) is 17.8 Å². The van der Waals surface area contributed by atoms with Crippen LogP contribution >= 0.6 is 0 Å². The third-order valence-electron chi connectivity index (χ3n) is 6.01. The molecule has 8 nitrogen and oxygen atoms in total. The number of methoxy groups -OCH3 is 1. The Morgan fingerprint density at radius 1 is 1.16 bits per heavy atom. The number of hydrogen-bond acceptors (Lipinski definition) is 8. The van der Waals surface area contributed by atoms with Gasteiger partial charge in [0.05, 0.1) is 13.2 Å². The Morgan fingerprint density at radius 2 is 2.00 bits per heavy atom. The van der Waals surface area contributed by atoms with Crippen molar-refractivity contribution in [2.75, 3.05) is 42.8 Å². The molecule has 0 amide bonds. The van der Waals surface area contributed by atoms with E-state index < -0.39 is 5.82 Å². The van der Waals surface area contributed by atoms with Crippen LogP contribution in [0.15, 0.2) is 18.2 Å².